The van der Waals surface area contributed by atoms with E-state index in [9.17, 15) is 14.9 Å². The highest BCUT2D eigenvalue weighted by Crippen LogP contribution is 2.08. The summed E-state index contributed by atoms with van der Waals surface area (Å²) in [6, 6.07) is -0.696. The highest BCUT2D eigenvalue weighted by atomic mass is 35.5. The molecule has 0 spiro atoms. The SMILES string of the molecule is CC(C)C[C@@H](Cl)NC(=O)[C@@H](N)CCCN=C(N)N[N+](=O)[O-].O[B]O. The summed E-state index contributed by atoms with van der Waals surface area (Å²) in [5.41, 5.74) is 12.2. The van der Waals surface area contributed by atoms with E-state index in [1.165, 1.54) is 0 Å². The van der Waals surface area contributed by atoms with Crippen LogP contribution in [0.25, 0.3) is 0 Å². The molecule has 1 amide bonds. The molecule has 0 fully saturated rings. The van der Waals surface area contributed by atoms with Crippen molar-refractivity contribution in [2.75, 3.05) is 6.54 Å². The molecule has 0 heterocycles. The molecule has 24 heavy (non-hydrogen) atoms. The molecule has 0 aromatic rings. The van der Waals surface area contributed by atoms with Gasteiger partial charge in [0.2, 0.25) is 5.91 Å². The third kappa shape index (κ3) is 16.7. The number of halogens is 1. The number of amides is 1. The van der Waals surface area contributed by atoms with Crippen molar-refractivity contribution in [1.29, 1.82) is 0 Å². The Labute approximate surface area is 146 Å². The minimum absolute atomic E-state index is 0. The van der Waals surface area contributed by atoms with Gasteiger partial charge in [-0.05, 0) is 25.2 Å². The molecule has 8 N–H and O–H groups in total. The number of alkyl halides is 1. The zero-order valence-corrected chi connectivity index (χ0v) is 14.4. The smallest absolute Gasteiger partial charge is 0.429 e. The van der Waals surface area contributed by atoms with Crippen LogP contribution in [0.4, 0.5) is 0 Å². The molecule has 0 saturated carbocycles. The Kier molecular flexibility index (Phi) is 15.3. The van der Waals surface area contributed by atoms with Crippen molar-refractivity contribution in [3.63, 3.8) is 0 Å². The van der Waals surface area contributed by atoms with Gasteiger partial charge in [0.25, 0.3) is 5.96 Å². The number of nitrogens with two attached hydrogens (primary N) is 2. The molecule has 0 rings (SSSR count). The number of nitrogens with zero attached hydrogens (tertiary/aromatic N) is 2. The van der Waals surface area contributed by atoms with E-state index in [2.05, 4.69) is 10.3 Å². The molecule has 0 aromatic carbocycles. The lowest BCUT2D eigenvalue weighted by molar-refractivity contribution is -0.525. The van der Waals surface area contributed by atoms with Gasteiger partial charge in [-0.2, -0.15) is 0 Å². The maximum Gasteiger partial charge on any atom is 0.482 e. The zero-order chi connectivity index (χ0) is 19.1. The topological polar surface area (TPSA) is 189 Å². The van der Waals surface area contributed by atoms with Crippen LogP contribution in [0.5, 0.6) is 0 Å². The molecule has 0 aliphatic carbocycles. The van der Waals surface area contributed by atoms with Gasteiger partial charge in [0.05, 0.1) is 6.04 Å². The second kappa shape index (κ2) is 14.9. The molecule has 0 aliphatic rings. The van der Waals surface area contributed by atoms with Crippen LogP contribution in [0.2, 0.25) is 0 Å². The Morgan fingerprint density at radius 2 is 2.00 bits per heavy atom. The molecule has 0 bridgehead atoms. The summed E-state index contributed by atoms with van der Waals surface area (Å²) in [6.45, 7) is 4.25. The normalized spacial score (nSPS) is 13.4. The monoisotopic (exact) mass is 367 g/mol. The van der Waals surface area contributed by atoms with Crippen molar-refractivity contribution in [3.8, 4) is 0 Å². The van der Waals surface area contributed by atoms with Gasteiger partial charge in [0.15, 0.2) is 5.03 Å². The third-order valence-electron chi connectivity index (χ3n) is 2.48. The maximum absolute atomic E-state index is 11.7. The number of nitro groups is 1. The van der Waals surface area contributed by atoms with Crippen LogP contribution in [0.15, 0.2) is 4.99 Å². The Morgan fingerprint density at radius 1 is 1.46 bits per heavy atom. The van der Waals surface area contributed by atoms with Crippen molar-refractivity contribution in [3.05, 3.63) is 10.1 Å². The fourth-order valence-corrected chi connectivity index (χ4v) is 1.97. The van der Waals surface area contributed by atoms with Gasteiger partial charge in [-0.15, -0.1) is 0 Å². The Hall–Kier alpha value is -1.63. The quantitative estimate of drug-likeness (QED) is 0.0411. The lowest BCUT2D eigenvalue weighted by Crippen LogP contribution is -2.44. The van der Waals surface area contributed by atoms with Crippen LogP contribution in [-0.2, 0) is 4.79 Å². The highest BCUT2D eigenvalue weighted by Gasteiger charge is 2.17. The second-order valence-electron chi connectivity index (χ2n) is 5.11. The summed E-state index contributed by atoms with van der Waals surface area (Å²) in [4.78, 5) is 25.5. The van der Waals surface area contributed by atoms with E-state index < -0.39 is 16.6 Å². The molecule has 2 atom stereocenters. The van der Waals surface area contributed by atoms with Crippen LogP contribution < -0.4 is 22.2 Å². The molecule has 13 heteroatoms. The van der Waals surface area contributed by atoms with Gasteiger partial charge >= 0.3 is 7.69 Å². The Balaban J connectivity index is 0. The largest absolute Gasteiger partial charge is 0.482 e. The highest BCUT2D eigenvalue weighted by molar-refractivity contribution is 6.21. The maximum atomic E-state index is 11.7. The predicted molar refractivity (Wildman–Crippen MR) is 91.3 cm³/mol. The first-order valence-corrected chi connectivity index (χ1v) is 7.58. The number of hydrazine groups is 1. The molecule has 0 unspecified atom stereocenters. The standard InChI is InChI=1S/C11H23ClN6O3.BH2O2/c1-7(2)6-9(12)16-10(19)8(13)4-3-5-15-11(14)17-18(20)21;2-1-3/h7-9H,3-6,13H2,1-2H3,(H,16,19)(H3,14,15,17);2-3H/t8-,9-;/m0./s1. The lowest BCUT2D eigenvalue weighted by Gasteiger charge is -2.17. The van der Waals surface area contributed by atoms with Gasteiger partial charge in [-0.3, -0.25) is 4.79 Å². The van der Waals surface area contributed by atoms with Crippen molar-refractivity contribution >= 4 is 31.2 Å². The fraction of sp³-hybridized carbons (Fsp3) is 0.818. The molecule has 0 aliphatic heterocycles. The van der Waals surface area contributed by atoms with Crippen LogP contribution in [0, 0.1) is 16.0 Å². The van der Waals surface area contributed by atoms with Crippen LogP contribution in [0.1, 0.15) is 33.1 Å². The van der Waals surface area contributed by atoms with Gasteiger partial charge in [-0.25, -0.2) is 15.1 Å². The molecular formula is C11H25BClN6O5. The number of carbonyl (C=O) groups is 1. The number of hydrogen-bond acceptors (Lipinski definition) is 7. The number of rotatable bonds is 9. The van der Waals surface area contributed by atoms with Gasteiger partial charge in [0.1, 0.15) is 5.50 Å². The van der Waals surface area contributed by atoms with E-state index in [1.807, 2.05) is 13.8 Å². The van der Waals surface area contributed by atoms with Crippen molar-refractivity contribution < 1.29 is 19.9 Å². The first-order chi connectivity index (χ1) is 11.1. The number of carbonyl (C=O) groups excluding carboxylic acids is 1. The van der Waals surface area contributed by atoms with E-state index >= 15 is 0 Å². The molecule has 0 saturated heterocycles. The van der Waals surface area contributed by atoms with Crippen molar-refractivity contribution in [1.82, 2.24) is 10.7 Å². The third-order valence-corrected chi connectivity index (χ3v) is 2.76. The number of hydrogen-bond donors (Lipinski definition) is 6. The molecule has 1 radical (unpaired) electrons. The van der Waals surface area contributed by atoms with E-state index in [-0.39, 0.29) is 26.1 Å². The minimum atomic E-state index is -0.798. The lowest BCUT2D eigenvalue weighted by atomic mass is 10.1. The first kappa shape index (κ1) is 24.6. The summed E-state index contributed by atoms with van der Waals surface area (Å²) in [6.07, 6.45) is 1.52. The summed E-state index contributed by atoms with van der Waals surface area (Å²) in [5.74, 6) is -0.234. The van der Waals surface area contributed by atoms with Gasteiger partial charge in [-0.1, -0.05) is 30.9 Å². The molecular weight excluding hydrogens is 342 g/mol. The summed E-state index contributed by atoms with van der Waals surface area (Å²) in [7, 11) is 0. The van der Waals surface area contributed by atoms with E-state index in [0.717, 1.165) is 0 Å². The fourth-order valence-electron chi connectivity index (χ4n) is 1.50. The minimum Gasteiger partial charge on any atom is -0.429 e. The summed E-state index contributed by atoms with van der Waals surface area (Å²) in [5, 5.41) is 25.9. The van der Waals surface area contributed by atoms with Crippen molar-refractivity contribution in [2.45, 2.75) is 44.7 Å². The number of nitrogens with one attached hydrogen (secondary N) is 2. The molecule has 139 valence electrons. The van der Waals surface area contributed by atoms with Crippen LogP contribution in [-0.4, -0.2) is 52.7 Å². The van der Waals surface area contributed by atoms with Gasteiger partial charge in [0, 0.05) is 6.54 Å². The molecule has 11 nitrogen and oxygen atoms in total. The average Bonchev–Trinajstić information content (AvgIpc) is 2.42. The number of guanidine groups is 1. The second-order valence-corrected chi connectivity index (χ2v) is 5.63. The van der Waals surface area contributed by atoms with Gasteiger partial charge < -0.3 is 26.8 Å². The Bertz CT molecular complexity index is 401. The number of aliphatic imine (C=N–C) groups is 1. The van der Waals surface area contributed by atoms with Crippen LogP contribution >= 0.6 is 11.6 Å². The predicted octanol–water partition coefficient (Wildman–Crippen LogP) is -1.58. The first-order valence-electron chi connectivity index (χ1n) is 7.15. The summed E-state index contributed by atoms with van der Waals surface area (Å²) < 4.78 is 0. The van der Waals surface area contributed by atoms with Crippen LogP contribution in [0.3, 0.4) is 0 Å². The van der Waals surface area contributed by atoms with E-state index in [1.54, 1.807) is 5.43 Å². The summed E-state index contributed by atoms with van der Waals surface area (Å²) >= 11 is 5.97. The van der Waals surface area contributed by atoms with E-state index in [0.29, 0.717) is 25.2 Å². The van der Waals surface area contributed by atoms with E-state index in [4.69, 9.17) is 33.1 Å². The Morgan fingerprint density at radius 3 is 2.46 bits per heavy atom. The van der Waals surface area contributed by atoms with Crippen molar-refractivity contribution in [2.24, 2.45) is 22.4 Å². The average molecular weight is 368 g/mol. The zero-order valence-electron chi connectivity index (χ0n) is 13.7. The molecule has 0 aromatic heterocycles.